The Morgan fingerprint density at radius 1 is 1.53 bits per heavy atom. The van der Waals surface area contributed by atoms with Crippen molar-refractivity contribution >= 4 is 5.97 Å². The number of hydrogen-bond acceptors (Lipinski definition) is 4. The Morgan fingerprint density at radius 2 is 2.12 bits per heavy atom. The first kappa shape index (κ1) is 16.4. The Morgan fingerprint density at radius 3 is 2.47 bits per heavy atom. The number of ether oxygens (including phenoxy) is 1. The lowest BCUT2D eigenvalue weighted by molar-refractivity contribution is -0.145. The normalized spacial score (nSPS) is 16.8. The molecule has 0 amide bonds. The molecule has 0 bridgehead atoms. The van der Waals surface area contributed by atoms with E-state index in [1.54, 1.807) is 14.0 Å². The lowest BCUT2D eigenvalue weighted by Crippen LogP contribution is -2.58. The van der Waals surface area contributed by atoms with Crippen LogP contribution >= 0.6 is 0 Å². The summed E-state index contributed by atoms with van der Waals surface area (Å²) in [4.78, 5) is 13.4. The van der Waals surface area contributed by atoms with E-state index >= 15 is 0 Å². The van der Waals surface area contributed by atoms with Gasteiger partial charge in [0.1, 0.15) is 5.54 Å². The second-order valence-electron chi connectivity index (χ2n) is 4.54. The molecule has 0 saturated carbocycles. The van der Waals surface area contributed by atoms with E-state index in [1.165, 1.54) is 0 Å². The van der Waals surface area contributed by atoms with E-state index in [2.05, 4.69) is 10.2 Å². The van der Waals surface area contributed by atoms with Crippen molar-refractivity contribution in [3.63, 3.8) is 0 Å². The molecule has 0 fully saturated rings. The van der Waals surface area contributed by atoms with Crippen LogP contribution in [0.25, 0.3) is 0 Å². The van der Waals surface area contributed by atoms with Crippen LogP contribution in [0.1, 0.15) is 27.7 Å². The van der Waals surface area contributed by atoms with Crippen LogP contribution in [0, 0.1) is 0 Å². The highest BCUT2D eigenvalue weighted by Gasteiger charge is 2.34. The van der Waals surface area contributed by atoms with Crippen LogP contribution in [-0.4, -0.2) is 60.9 Å². The zero-order valence-electron chi connectivity index (χ0n) is 11.6. The van der Waals surface area contributed by atoms with Crippen molar-refractivity contribution in [2.24, 2.45) is 0 Å². The van der Waals surface area contributed by atoms with Gasteiger partial charge in [0.05, 0.1) is 6.61 Å². The maximum atomic E-state index is 11.3. The highest BCUT2D eigenvalue weighted by atomic mass is 16.5. The van der Waals surface area contributed by atoms with E-state index in [-0.39, 0.29) is 6.04 Å². The average molecular weight is 246 g/mol. The van der Waals surface area contributed by atoms with Crippen molar-refractivity contribution in [1.82, 2.24) is 10.2 Å². The first-order valence-electron chi connectivity index (χ1n) is 6.12. The zero-order chi connectivity index (χ0) is 13.5. The van der Waals surface area contributed by atoms with E-state index < -0.39 is 11.5 Å². The fourth-order valence-corrected chi connectivity index (χ4v) is 1.92. The van der Waals surface area contributed by atoms with Gasteiger partial charge in [-0.15, -0.1) is 0 Å². The lowest BCUT2D eigenvalue weighted by atomic mass is 10.0. The number of likely N-dealkylation sites (N-methyl/N-ethyl adjacent to an activating group) is 2. The van der Waals surface area contributed by atoms with Crippen molar-refractivity contribution in [2.45, 2.75) is 39.3 Å². The molecule has 0 aliphatic carbocycles. The molecule has 102 valence electrons. The van der Waals surface area contributed by atoms with Crippen LogP contribution in [0.15, 0.2) is 0 Å². The molecule has 0 saturated heterocycles. The molecule has 0 aliphatic heterocycles. The molecule has 2 atom stereocenters. The van der Waals surface area contributed by atoms with Crippen molar-refractivity contribution in [2.75, 3.05) is 33.4 Å². The van der Waals surface area contributed by atoms with E-state index in [0.29, 0.717) is 19.7 Å². The predicted octanol–water partition coefficient (Wildman–Crippen LogP) is 0.796. The van der Waals surface area contributed by atoms with Gasteiger partial charge >= 0.3 is 5.97 Å². The van der Waals surface area contributed by atoms with E-state index in [4.69, 9.17) is 4.74 Å². The van der Waals surface area contributed by atoms with Crippen LogP contribution in [0.3, 0.4) is 0 Å². The minimum absolute atomic E-state index is 0.210. The maximum absolute atomic E-state index is 11.3. The maximum Gasteiger partial charge on any atom is 0.324 e. The number of hydrogen-bond donors (Lipinski definition) is 2. The molecular weight excluding hydrogens is 220 g/mol. The van der Waals surface area contributed by atoms with Crippen molar-refractivity contribution in [1.29, 1.82) is 0 Å². The van der Waals surface area contributed by atoms with Gasteiger partial charge in [-0.2, -0.15) is 0 Å². The summed E-state index contributed by atoms with van der Waals surface area (Å²) in [7, 11) is 1.66. The summed E-state index contributed by atoms with van der Waals surface area (Å²) in [6.07, 6.45) is 0. The number of aliphatic carboxylic acids is 1. The molecule has 0 aliphatic rings. The van der Waals surface area contributed by atoms with Crippen molar-refractivity contribution in [3.8, 4) is 0 Å². The van der Waals surface area contributed by atoms with Gasteiger partial charge < -0.3 is 15.2 Å². The minimum atomic E-state index is -0.910. The highest BCUT2D eigenvalue weighted by molar-refractivity contribution is 5.78. The zero-order valence-corrected chi connectivity index (χ0v) is 11.6. The van der Waals surface area contributed by atoms with Gasteiger partial charge in [0.25, 0.3) is 0 Å². The summed E-state index contributed by atoms with van der Waals surface area (Å²) < 4.78 is 5.11. The largest absolute Gasteiger partial charge is 0.480 e. The van der Waals surface area contributed by atoms with Gasteiger partial charge in [-0.25, -0.2) is 0 Å². The monoisotopic (exact) mass is 246 g/mol. The second-order valence-corrected chi connectivity index (χ2v) is 4.54. The van der Waals surface area contributed by atoms with Gasteiger partial charge in [0.2, 0.25) is 0 Å². The van der Waals surface area contributed by atoms with Crippen LogP contribution < -0.4 is 5.32 Å². The van der Waals surface area contributed by atoms with Gasteiger partial charge in [0, 0.05) is 19.7 Å². The fraction of sp³-hybridized carbons (Fsp3) is 0.917. The second kappa shape index (κ2) is 7.63. The molecule has 2 N–H and O–H groups in total. The predicted molar refractivity (Wildman–Crippen MR) is 68.3 cm³/mol. The molecule has 0 aromatic rings. The summed E-state index contributed by atoms with van der Waals surface area (Å²) >= 11 is 0. The summed E-state index contributed by atoms with van der Waals surface area (Å²) in [5.74, 6) is -0.817. The Balaban J connectivity index is 4.65. The first-order valence-corrected chi connectivity index (χ1v) is 6.12. The Labute approximate surface area is 104 Å². The van der Waals surface area contributed by atoms with Crippen LogP contribution in [0.4, 0.5) is 0 Å². The standard InChI is InChI=1S/C12H26N2O3/c1-6-13-12(4,11(15)16)9-14(7-2)10(3)8-17-5/h10,13H,6-9H2,1-5H3,(H,15,16). The Hall–Kier alpha value is -0.650. The number of carboxylic acids is 1. The number of carbonyl (C=O) groups is 1. The first-order chi connectivity index (χ1) is 7.91. The lowest BCUT2D eigenvalue weighted by Gasteiger charge is -2.35. The van der Waals surface area contributed by atoms with Crippen LogP contribution in [0.5, 0.6) is 0 Å². The van der Waals surface area contributed by atoms with E-state index in [9.17, 15) is 9.90 Å². The third-order valence-corrected chi connectivity index (χ3v) is 3.00. The third kappa shape index (κ3) is 5.02. The molecule has 2 unspecified atom stereocenters. The van der Waals surface area contributed by atoms with E-state index in [0.717, 1.165) is 6.54 Å². The summed E-state index contributed by atoms with van der Waals surface area (Å²) in [5, 5.41) is 12.3. The van der Waals surface area contributed by atoms with Crippen LogP contribution in [-0.2, 0) is 9.53 Å². The Kier molecular flexibility index (Phi) is 7.34. The highest BCUT2D eigenvalue weighted by Crippen LogP contribution is 2.10. The molecular formula is C12H26N2O3. The summed E-state index contributed by atoms with van der Waals surface area (Å²) in [5.41, 5.74) is -0.910. The molecule has 5 heteroatoms. The fourth-order valence-electron chi connectivity index (χ4n) is 1.92. The number of nitrogens with one attached hydrogen (secondary N) is 1. The smallest absolute Gasteiger partial charge is 0.324 e. The topological polar surface area (TPSA) is 61.8 Å². The average Bonchev–Trinajstić information content (AvgIpc) is 2.26. The summed E-state index contributed by atoms with van der Waals surface area (Å²) in [6.45, 7) is 10.2. The number of rotatable bonds is 9. The molecule has 0 radical (unpaired) electrons. The van der Waals surface area contributed by atoms with Gasteiger partial charge in [0.15, 0.2) is 0 Å². The molecule has 0 rings (SSSR count). The molecule has 5 nitrogen and oxygen atoms in total. The molecule has 17 heavy (non-hydrogen) atoms. The Bertz CT molecular complexity index is 236. The third-order valence-electron chi connectivity index (χ3n) is 3.00. The van der Waals surface area contributed by atoms with Crippen molar-refractivity contribution in [3.05, 3.63) is 0 Å². The number of nitrogens with zero attached hydrogens (tertiary/aromatic N) is 1. The molecule has 0 aromatic carbocycles. The molecule has 0 heterocycles. The number of methoxy groups -OCH3 is 1. The van der Waals surface area contributed by atoms with Crippen molar-refractivity contribution < 1.29 is 14.6 Å². The van der Waals surface area contributed by atoms with Crippen LogP contribution in [0.2, 0.25) is 0 Å². The molecule has 0 aromatic heterocycles. The summed E-state index contributed by atoms with van der Waals surface area (Å²) in [6, 6.07) is 0.210. The van der Waals surface area contributed by atoms with Gasteiger partial charge in [-0.3, -0.25) is 9.69 Å². The van der Waals surface area contributed by atoms with E-state index in [1.807, 2.05) is 20.8 Å². The molecule has 0 spiro atoms. The quantitative estimate of drug-likeness (QED) is 0.630. The minimum Gasteiger partial charge on any atom is -0.480 e. The number of carboxylic acid groups (broad SMARTS) is 1. The van der Waals surface area contributed by atoms with Gasteiger partial charge in [-0.05, 0) is 26.9 Å². The SMILES string of the molecule is CCNC(C)(CN(CC)C(C)COC)C(=O)O. The van der Waals surface area contributed by atoms with Gasteiger partial charge in [-0.1, -0.05) is 13.8 Å².